The lowest BCUT2D eigenvalue weighted by Gasteiger charge is -2.26. The number of rotatable bonds is 6. The molecule has 17 heavy (non-hydrogen) atoms. The van der Waals surface area contributed by atoms with Gasteiger partial charge in [0.05, 0.1) is 6.61 Å². The summed E-state index contributed by atoms with van der Waals surface area (Å²) in [6.07, 6.45) is 0. The van der Waals surface area contributed by atoms with Gasteiger partial charge in [0.1, 0.15) is 5.82 Å². The SMILES string of the molecule is COCCN(Cc1ccc(N)cc1F)C(C)C. The topological polar surface area (TPSA) is 38.5 Å². The molecule has 0 unspecified atom stereocenters. The molecule has 2 N–H and O–H groups in total. The van der Waals surface area contributed by atoms with E-state index in [0.29, 0.717) is 30.4 Å². The molecule has 1 aromatic carbocycles. The minimum absolute atomic E-state index is 0.243. The van der Waals surface area contributed by atoms with E-state index >= 15 is 0 Å². The molecule has 1 aromatic rings. The van der Waals surface area contributed by atoms with Gasteiger partial charge in [-0.2, -0.15) is 0 Å². The maximum absolute atomic E-state index is 13.7. The van der Waals surface area contributed by atoms with E-state index in [1.807, 2.05) is 0 Å². The molecule has 0 saturated heterocycles. The highest BCUT2D eigenvalue weighted by atomic mass is 19.1. The average molecular weight is 240 g/mol. The quantitative estimate of drug-likeness (QED) is 0.775. The van der Waals surface area contributed by atoms with Crippen LogP contribution < -0.4 is 5.73 Å². The Balaban J connectivity index is 2.71. The molecule has 0 atom stereocenters. The Labute approximate surface area is 102 Å². The van der Waals surface area contributed by atoms with Crippen LogP contribution in [-0.2, 0) is 11.3 Å². The number of hydrogen-bond acceptors (Lipinski definition) is 3. The lowest BCUT2D eigenvalue weighted by molar-refractivity contribution is 0.124. The van der Waals surface area contributed by atoms with Crippen molar-refractivity contribution in [3.63, 3.8) is 0 Å². The van der Waals surface area contributed by atoms with Crippen LogP contribution in [0.5, 0.6) is 0 Å². The van der Waals surface area contributed by atoms with E-state index in [1.165, 1.54) is 6.07 Å². The number of hydrogen-bond donors (Lipinski definition) is 1. The van der Waals surface area contributed by atoms with Gasteiger partial charge in [-0.15, -0.1) is 0 Å². The molecule has 0 amide bonds. The Kier molecular flexibility index (Phi) is 5.38. The highest BCUT2D eigenvalue weighted by Crippen LogP contribution is 2.15. The minimum atomic E-state index is -0.243. The summed E-state index contributed by atoms with van der Waals surface area (Å²) in [5.41, 5.74) is 6.65. The standard InChI is InChI=1S/C13H21FN2O/c1-10(2)16(6-7-17-3)9-11-4-5-12(15)8-13(11)14/h4-5,8,10H,6-7,9,15H2,1-3H3. The summed E-state index contributed by atoms with van der Waals surface area (Å²) in [5.74, 6) is -0.243. The van der Waals surface area contributed by atoms with E-state index in [2.05, 4.69) is 18.7 Å². The van der Waals surface area contributed by atoms with Crippen molar-refractivity contribution in [3.8, 4) is 0 Å². The minimum Gasteiger partial charge on any atom is -0.399 e. The van der Waals surface area contributed by atoms with Crippen molar-refractivity contribution in [2.24, 2.45) is 0 Å². The van der Waals surface area contributed by atoms with E-state index in [1.54, 1.807) is 19.2 Å². The average Bonchev–Trinajstić information content (AvgIpc) is 2.26. The largest absolute Gasteiger partial charge is 0.399 e. The normalized spacial score (nSPS) is 11.4. The van der Waals surface area contributed by atoms with E-state index in [9.17, 15) is 4.39 Å². The van der Waals surface area contributed by atoms with Crippen LogP contribution in [0, 0.1) is 5.82 Å². The summed E-state index contributed by atoms with van der Waals surface area (Å²) in [6, 6.07) is 5.19. The summed E-state index contributed by atoms with van der Waals surface area (Å²) in [4.78, 5) is 2.16. The van der Waals surface area contributed by atoms with Gasteiger partial charge in [-0.1, -0.05) is 6.07 Å². The Morgan fingerprint density at radius 2 is 2.12 bits per heavy atom. The molecule has 0 radical (unpaired) electrons. The van der Waals surface area contributed by atoms with Gasteiger partial charge >= 0.3 is 0 Å². The van der Waals surface area contributed by atoms with Crippen molar-refractivity contribution in [1.82, 2.24) is 4.90 Å². The van der Waals surface area contributed by atoms with E-state index in [4.69, 9.17) is 10.5 Å². The van der Waals surface area contributed by atoms with E-state index in [-0.39, 0.29) is 5.82 Å². The summed E-state index contributed by atoms with van der Waals surface area (Å²) >= 11 is 0. The summed E-state index contributed by atoms with van der Waals surface area (Å²) in [5, 5.41) is 0. The monoisotopic (exact) mass is 240 g/mol. The fourth-order valence-electron chi connectivity index (χ4n) is 1.64. The Bertz CT molecular complexity index is 355. The first-order valence-electron chi connectivity index (χ1n) is 5.81. The lowest BCUT2D eigenvalue weighted by Crippen LogP contribution is -2.33. The van der Waals surface area contributed by atoms with Gasteiger partial charge in [0.25, 0.3) is 0 Å². The molecule has 0 saturated carbocycles. The van der Waals surface area contributed by atoms with Crippen molar-refractivity contribution in [2.45, 2.75) is 26.4 Å². The van der Waals surface area contributed by atoms with Crippen LogP contribution in [-0.4, -0.2) is 31.2 Å². The van der Waals surface area contributed by atoms with Crippen LogP contribution in [0.2, 0.25) is 0 Å². The predicted octanol–water partition coefficient (Wildman–Crippen LogP) is 2.26. The molecule has 0 aromatic heterocycles. The lowest BCUT2D eigenvalue weighted by atomic mass is 10.1. The zero-order valence-corrected chi connectivity index (χ0v) is 10.7. The van der Waals surface area contributed by atoms with Crippen molar-refractivity contribution in [2.75, 3.05) is 26.0 Å². The summed E-state index contributed by atoms with van der Waals surface area (Å²) in [6.45, 7) is 6.19. The van der Waals surface area contributed by atoms with Gasteiger partial charge < -0.3 is 10.5 Å². The number of nitrogen functional groups attached to an aromatic ring is 1. The second-order valence-corrected chi connectivity index (χ2v) is 4.41. The van der Waals surface area contributed by atoms with Gasteiger partial charge in [0, 0.05) is 37.5 Å². The zero-order valence-electron chi connectivity index (χ0n) is 10.7. The predicted molar refractivity (Wildman–Crippen MR) is 68.2 cm³/mol. The molecule has 0 bridgehead atoms. The van der Waals surface area contributed by atoms with E-state index < -0.39 is 0 Å². The molecule has 0 spiro atoms. The third kappa shape index (κ3) is 4.32. The first kappa shape index (κ1) is 13.9. The fourth-order valence-corrected chi connectivity index (χ4v) is 1.64. The molecule has 96 valence electrons. The Morgan fingerprint density at radius 3 is 2.65 bits per heavy atom. The highest BCUT2D eigenvalue weighted by Gasteiger charge is 2.12. The van der Waals surface area contributed by atoms with Crippen molar-refractivity contribution >= 4 is 5.69 Å². The second-order valence-electron chi connectivity index (χ2n) is 4.41. The van der Waals surface area contributed by atoms with Crippen molar-refractivity contribution in [3.05, 3.63) is 29.6 Å². The molecule has 0 aliphatic heterocycles. The smallest absolute Gasteiger partial charge is 0.129 e. The fraction of sp³-hybridized carbons (Fsp3) is 0.538. The molecule has 1 rings (SSSR count). The number of nitrogens with zero attached hydrogens (tertiary/aromatic N) is 1. The van der Waals surface area contributed by atoms with Crippen molar-refractivity contribution in [1.29, 1.82) is 0 Å². The van der Waals surface area contributed by atoms with Gasteiger partial charge in [-0.3, -0.25) is 4.90 Å². The van der Waals surface area contributed by atoms with Gasteiger partial charge in [-0.05, 0) is 26.0 Å². The number of halogens is 1. The summed E-state index contributed by atoms with van der Waals surface area (Å²) in [7, 11) is 1.67. The number of ether oxygens (including phenoxy) is 1. The molecule has 0 aliphatic rings. The maximum Gasteiger partial charge on any atom is 0.129 e. The Hall–Kier alpha value is -1.13. The van der Waals surface area contributed by atoms with E-state index in [0.717, 1.165) is 6.54 Å². The van der Waals surface area contributed by atoms with Crippen LogP contribution in [0.4, 0.5) is 10.1 Å². The molecule has 0 heterocycles. The number of benzene rings is 1. The maximum atomic E-state index is 13.7. The van der Waals surface area contributed by atoms with Crippen molar-refractivity contribution < 1.29 is 9.13 Å². The molecular weight excluding hydrogens is 219 g/mol. The van der Waals surface area contributed by atoms with Gasteiger partial charge in [-0.25, -0.2) is 4.39 Å². The van der Waals surface area contributed by atoms with Crippen LogP contribution in [0.15, 0.2) is 18.2 Å². The highest BCUT2D eigenvalue weighted by molar-refractivity contribution is 5.40. The first-order chi connectivity index (χ1) is 8.04. The zero-order chi connectivity index (χ0) is 12.8. The van der Waals surface area contributed by atoms with Crippen LogP contribution >= 0.6 is 0 Å². The third-order valence-corrected chi connectivity index (χ3v) is 2.76. The molecule has 3 nitrogen and oxygen atoms in total. The van der Waals surface area contributed by atoms with Gasteiger partial charge in [0.15, 0.2) is 0 Å². The second kappa shape index (κ2) is 6.57. The van der Waals surface area contributed by atoms with Crippen LogP contribution in [0.1, 0.15) is 19.4 Å². The van der Waals surface area contributed by atoms with Crippen LogP contribution in [0.3, 0.4) is 0 Å². The molecule has 0 fully saturated rings. The third-order valence-electron chi connectivity index (χ3n) is 2.76. The molecular formula is C13H21FN2O. The number of methoxy groups -OCH3 is 1. The first-order valence-corrected chi connectivity index (χ1v) is 5.81. The van der Waals surface area contributed by atoms with Crippen LogP contribution in [0.25, 0.3) is 0 Å². The van der Waals surface area contributed by atoms with Gasteiger partial charge in [0.2, 0.25) is 0 Å². The number of nitrogens with two attached hydrogens (primary N) is 1. The molecule has 4 heteroatoms. The number of anilines is 1. The summed E-state index contributed by atoms with van der Waals surface area (Å²) < 4.78 is 18.7. The molecule has 0 aliphatic carbocycles. The Morgan fingerprint density at radius 1 is 1.41 bits per heavy atom.